The van der Waals surface area contributed by atoms with Gasteiger partial charge in [0, 0.05) is 13.0 Å². The van der Waals surface area contributed by atoms with Crippen LogP contribution >= 0.6 is 0 Å². The molecule has 0 aliphatic heterocycles. The third-order valence-electron chi connectivity index (χ3n) is 3.15. The van der Waals surface area contributed by atoms with Crippen LogP contribution in [0.3, 0.4) is 0 Å². The highest BCUT2D eigenvalue weighted by molar-refractivity contribution is 5.91. The summed E-state index contributed by atoms with van der Waals surface area (Å²) in [6, 6.07) is -0.815. The Kier molecular flexibility index (Phi) is 9.09. The van der Waals surface area contributed by atoms with Crippen molar-refractivity contribution in [1.29, 1.82) is 0 Å². The van der Waals surface area contributed by atoms with Crippen LogP contribution in [0.1, 0.15) is 54.4 Å². The summed E-state index contributed by atoms with van der Waals surface area (Å²) < 4.78 is 9.68. The number of carbonyl (C=O) groups is 4. The summed E-state index contributed by atoms with van der Waals surface area (Å²) in [4.78, 5) is 46.9. The Labute approximate surface area is 154 Å². The van der Waals surface area contributed by atoms with Crippen LogP contribution in [-0.2, 0) is 23.9 Å². The highest BCUT2D eigenvalue weighted by Crippen LogP contribution is 2.06. The molecule has 3 N–H and O–H groups in total. The van der Waals surface area contributed by atoms with E-state index in [2.05, 4.69) is 20.7 Å². The van der Waals surface area contributed by atoms with E-state index in [1.807, 2.05) is 0 Å². The minimum atomic E-state index is -1.19. The molecule has 0 unspecified atom stereocenters. The number of ether oxygens (including phenoxy) is 2. The first-order valence-corrected chi connectivity index (χ1v) is 8.45. The molecule has 0 fully saturated rings. The normalized spacial score (nSPS) is 12.6. The van der Waals surface area contributed by atoms with Crippen molar-refractivity contribution in [2.24, 2.45) is 0 Å². The van der Waals surface area contributed by atoms with Crippen LogP contribution in [-0.4, -0.2) is 54.7 Å². The Hall–Kier alpha value is -2.32. The van der Waals surface area contributed by atoms with Gasteiger partial charge >= 0.3 is 12.1 Å². The fourth-order valence-electron chi connectivity index (χ4n) is 1.86. The van der Waals surface area contributed by atoms with E-state index >= 15 is 0 Å². The highest BCUT2D eigenvalue weighted by Gasteiger charge is 2.32. The molecule has 0 saturated heterocycles. The van der Waals surface area contributed by atoms with Crippen molar-refractivity contribution in [1.82, 2.24) is 16.0 Å². The molecule has 26 heavy (non-hydrogen) atoms. The molecule has 0 aromatic carbocycles. The van der Waals surface area contributed by atoms with Crippen LogP contribution < -0.4 is 16.0 Å². The molecule has 0 aromatic heterocycles. The second kappa shape index (κ2) is 9.98. The zero-order valence-electron chi connectivity index (χ0n) is 16.6. The fourth-order valence-corrected chi connectivity index (χ4v) is 1.86. The van der Waals surface area contributed by atoms with E-state index in [-0.39, 0.29) is 18.9 Å². The van der Waals surface area contributed by atoms with Crippen LogP contribution in [0.15, 0.2) is 0 Å². The van der Waals surface area contributed by atoms with Crippen molar-refractivity contribution in [3.8, 4) is 0 Å². The maximum absolute atomic E-state index is 12.1. The molecule has 0 radical (unpaired) electrons. The Morgan fingerprint density at radius 3 is 2.12 bits per heavy atom. The van der Waals surface area contributed by atoms with Crippen LogP contribution in [0.5, 0.6) is 0 Å². The summed E-state index contributed by atoms with van der Waals surface area (Å²) in [6.45, 7) is 10.1. The number of rotatable bonds is 8. The molecule has 9 nitrogen and oxygen atoms in total. The lowest BCUT2D eigenvalue weighted by Crippen LogP contribution is -2.55. The lowest BCUT2D eigenvalue weighted by Gasteiger charge is -2.25. The van der Waals surface area contributed by atoms with E-state index in [4.69, 9.17) is 4.74 Å². The highest BCUT2D eigenvalue weighted by atomic mass is 16.6. The van der Waals surface area contributed by atoms with Gasteiger partial charge < -0.3 is 25.4 Å². The summed E-state index contributed by atoms with van der Waals surface area (Å²) in [5.41, 5.74) is -1.77. The number of hydrogen-bond donors (Lipinski definition) is 3. The Morgan fingerprint density at radius 1 is 1.04 bits per heavy atom. The Morgan fingerprint density at radius 2 is 1.62 bits per heavy atom. The molecule has 0 aromatic rings. The van der Waals surface area contributed by atoms with Crippen LogP contribution in [0.2, 0.25) is 0 Å². The zero-order valence-corrected chi connectivity index (χ0v) is 16.6. The standard InChI is InChI=1S/C17H31N3O6/c1-11(13(22)20-17(5,6)14(23)25-7)19-12(21)9-8-10-18-15(24)26-16(2,3)4/h11H,8-10H2,1-7H3,(H,18,24)(H,19,21)(H,20,22)/t11-/m0/s1. The van der Waals surface area contributed by atoms with E-state index in [0.717, 1.165) is 0 Å². The summed E-state index contributed by atoms with van der Waals surface area (Å²) in [5.74, 6) is -1.42. The zero-order chi connectivity index (χ0) is 20.5. The van der Waals surface area contributed by atoms with Gasteiger partial charge in [0.1, 0.15) is 17.2 Å². The van der Waals surface area contributed by atoms with Crippen molar-refractivity contribution in [3.05, 3.63) is 0 Å². The van der Waals surface area contributed by atoms with Crippen LogP contribution in [0, 0.1) is 0 Å². The first-order valence-electron chi connectivity index (χ1n) is 8.45. The van der Waals surface area contributed by atoms with Crippen molar-refractivity contribution in [2.75, 3.05) is 13.7 Å². The van der Waals surface area contributed by atoms with Crippen LogP contribution in [0.4, 0.5) is 4.79 Å². The first kappa shape index (κ1) is 23.7. The SMILES string of the molecule is COC(=O)C(C)(C)NC(=O)[C@H](C)NC(=O)CCCNC(=O)OC(C)(C)C. The van der Waals surface area contributed by atoms with E-state index in [1.165, 1.54) is 27.9 Å². The van der Waals surface area contributed by atoms with E-state index in [0.29, 0.717) is 6.42 Å². The van der Waals surface area contributed by atoms with Gasteiger partial charge in [-0.15, -0.1) is 0 Å². The number of methoxy groups -OCH3 is 1. The second-order valence-corrected chi connectivity index (χ2v) is 7.43. The maximum atomic E-state index is 12.1. The summed E-state index contributed by atoms with van der Waals surface area (Å²) in [7, 11) is 1.23. The summed E-state index contributed by atoms with van der Waals surface area (Å²) >= 11 is 0. The number of esters is 1. The third-order valence-corrected chi connectivity index (χ3v) is 3.15. The van der Waals surface area contributed by atoms with Gasteiger partial charge in [0.25, 0.3) is 0 Å². The minimum absolute atomic E-state index is 0.133. The van der Waals surface area contributed by atoms with Crippen molar-refractivity contribution >= 4 is 23.9 Å². The molecule has 0 spiro atoms. The number of nitrogens with one attached hydrogen (secondary N) is 3. The van der Waals surface area contributed by atoms with Gasteiger partial charge in [-0.05, 0) is 48.0 Å². The molecule has 0 aliphatic rings. The summed E-state index contributed by atoms with van der Waals surface area (Å²) in [5, 5.41) is 7.60. The molecule has 9 heteroatoms. The van der Waals surface area contributed by atoms with Crippen molar-refractivity contribution in [3.63, 3.8) is 0 Å². The second-order valence-electron chi connectivity index (χ2n) is 7.43. The third kappa shape index (κ3) is 9.85. The molecule has 0 heterocycles. The molecule has 3 amide bonds. The quantitative estimate of drug-likeness (QED) is 0.428. The van der Waals surface area contributed by atoms with E-state index in [1.54, 1.807) is 20.8 Å². The van der Waals surface area contributed by atoms with Gasteiger partial charge in [0.15, 0.2) is 0 Å². The predicted molar refractivity (Wildman–Crippen MR) is 95.3 cm³/mol. The summed E-state index contributed by atoms with van der Waals surface area (Å²) in [6.07, 6.45) is -0.0170. The average molecular weight is 373 g/mol. The number of carbonyl (C=O) groups excluding carboxylic acids is 4. The monoisotopic (exact) mass is 373 g/mol. The molecular weight excluding hydrogens is 342 g/mol. The van der Waals surface area contributed by atoms with E-state index in [9.17, 15) is 19.2 Å². The van der Waals surface area contributed by atoms with Gasteiger partial charge in [0.05, 0.1) is 7.11 Å². The minimum Gasteiger partial charge on any atom is -0.467 e. The molecule has 0 bridgehead atoms. The van der Waals surface area contributed by atoms with Crippen molar-refractivity contribution < 1.29 is 28.7 Å². The lowest BCUT2D eigenvalue weighted by molar-refractivity contribution is -0.149. The first-order chi connectivity index (χ1) is 11.8. The average Bonchev–Trinajstić information content (AvgIpc) is 2.48. The fraction of sp³-hybridized carbons (Fsp3) is 0.765. The van der Waals surface area contributed by atoms with Gasteiger partial charge in [-0.25, -0.2) is 9.59 Å². The van der Waals surface area contributed by atoms with Gasteiger partial charge in [-0.1, -0.05) is 0 Å². The number of hydrogen-bond acceptors (Lipinski definition) is 6. The topological polar surface area (TPSA) is 123 Å². The van der Waals surface area contributed by atoms with E-state index < -0.39 is 35.2 Å². The number of alkyl carbamates (subject to hydrolysis) is 1. The lowest BCUT2D eigenvalue weighted by atomic mass is 10.1. The van der Waals surface area contributed by atoms with Gasteiger partial charge in [-0.3, -0.25) is 9.59 Å². The Bertz CT molecular complexity index is 525. The largest absolute Gasteiger partial charge is 0.467 e. The Balaban J connectivity index is 4.18. The predicted octanol–water partition coefficient (Wildman–Crippen LogP) is 0.864. The molecule has 150 valence electrons. The van der Waals surface area contributed by atoms with Crippen molar-refractivity contribution in [2.45, 2.75) is 71.6 Å². The van der Waals surface area contributed by atoms with Gasteiger partial charge in [-0.2, -0.15) is 0 Å². The van der Waals surface area contributed by atoms with Gasteiger partial charge in [0.2, 0.25) is 11.8 Å². The number of amides is 3. The smallest absolute Gasteiger partial charge is 0.407 e. The molecular formula is C17H31N3O6. The molecule has 0 aliphatic carbocycles. The molecule has 0 saturated carbocycles. The van der Waals surface area contributed by atoms with Crippen LogP contribution in [0.25, 0.3) is 0 Å². The maximum Gasteiger partial charge on any atom is 0.407 e. The molecule has 1 atom stereocenters. The molecule has 0 rings (SSSR count).